The van der Waals surface area contributed by atoms with Gasteiger partial charge in [-0.1, -0.05) is 0 Å². The lowest BCUT2D eigenvalue weighted by Crippen LogP contribution is -2.50. The molecular formula is C12H16N2O3. The maximum absolute atomic E-state index is 12.1. The zero-order valence-corrected chi connectivity index (χ0v) is 9.81. The van der Waals surface area contributed by atoms with Crippen LogP contribution >= 0.6 is 0 Å². The van der Waals surface area contributed by atoms with Gasteiger partial charge in [0.1, 0.15) is 0 Å². The van der Waals surface area contributed by atoms with E-state index in [1.54, 1.807) is 12.1 Å². The molecule has 1 aliphatic heterocycles. The molecule has 0 radical (unpaired) electrons. The summed E-state index contributed by atoms with van der Waals surface area (Å²) < 4.78 is 5.05. The SMILES string of the molecule is CC(=O)N(C(=O)c1ccco1)C1CCCNC1. The van der Waals surface area contributed by atoms with Crippen molar-refractivity contribution in [2.45, 2.75) is 25.8 Å². The maximum Gasteiger partial charge on any atom is 0.296 e. The number of amides is 2. The molecule has 0 saturated carbocycles. The molecule has 1 saturated heterocycles. The zero-order valence-electron chi connectivity index (χ0n) is 9.81. The molecule has 1 aromatic heterocycles. The number of carbonyl (C=O) groups excluding carboxylic acids is 2. The maximum atomic E-state index is 12.1. The molecule has 1 aliphatic rings. The normalized spacial score (nSPS) is 19.9. The topological polar surface area (TPSA) is 62.6 Å². The first-order chi connectivity index (χ1) is 8.20. The van der Waals surface area contributed by atoms with E-state index in [1.807, 2.05) is 0 Å². The van der Waals surface area contributed by atoms with Gasteiger partial charge in [-0.25, -0.2) is 0 Å². The standard InChI is InChI=1S/C12H16N2O3/c1-9(15)14(10-4-2-6-13-8-10)12(16)11-5-3-7-17-11/h3,5,7,10,13H,2,4,6,8H2,1H3. The third kappa shape index (κ3) is 2.55. The number of piperidine rings is 1. The van der Waals surface area contributed by atoms with E-state index >= 15 is 0 Å². The molecule has 2 amide bonds. The summed E-state index contributed by atoms with van der Waals surface area (Å²) >= 11 is 0. The quantitative estimate of drug-likeness (QED) is 0.832. The van der Waals surface area contributed by atoms with Crippen molar-refractivity contribution in [2.75, 3.05) is 13.1 Å². The van der Waals surface area contributed by atoms with Crippen molar-refractivity contribution in [2.24, 2.45) is 0 Å². The minimum atomic E-state index is -0.351. The van der Waals surface area contributed by atoms with Gasteiger partial charge < -0.3 is 9.73 Å². The van der Waals surface area contributed by atoms with E-state index in [0.29, 0.717) is 6.54 Å². The van der Waals surface area contributed by atoms with E-state index in [4.69, 9.17) is 4.42 Å². The van der Waals surface area contributed by atoms with E-state index in [1.165, 1.54) is 18.1 Å². The van der Waals surface area contributed by atoms with Gasteiger partial charge in [0.25, 0.3) is 5.91 Å². The van der Waals surface area contributed by atoms with E-state index in [9.17, 15) is 9.59 Å². The molecule has 2 heterocycles. The molecule has 0 aromatic carbocycles. The monoisotopic (exact) mass is 236 g/mol. The minimum Gasteiger partial charge on any atom is -0.459 e. The van der Waals surface area contributed by atoms with Crippen molar-refractivity contribution in [1.82, 2.24) is 10.2 Å². The lowest BCUT2D eigenvalue weighted by Gasteiger charge is -2.31. The number of hydrogen-bond donors (Lipinski definition) is 1. The number of carbonyl (C=O) groups is 2. The average Bonchev–Trinajstić information content (AvgIpc) is 2.83. The van der Waals surface area contributed by atoms with Crippen molar-refractivity contribution in [3.05, 3.63) is 24.2 Å². The van der Waals surface area contributed by atoms with Crippen LogP contribution in [0.1, 0.15) is 30.3 Å². The Morgan fingerprint density at radius 1 is 1.53 bits per heavy atom. The van der Waals surface area contributed by atoms with Crippen molar-refractivity contribution in [1.29, 1.82) is 0 Å². The Hall–Kier alpha value is -1.62. The van der Waals surface area contributed by atoms with Crippen LogP contribution in [-0.2, 0) is 4.79 Å². The van der Waals surface area contributed by atoms with Gasteiger partial charge in [-0.15, -0.1) is 0 Å². The molecule has 1 N–H and O–H groups in total. The van der Waals surface area contributed by atoms with Gasteiger partial charge in [0.2, 0.25) is 5.91 Å². The predicted molar refractivity (Wildman–Crippen MR) is 61.5 cm³/mol. The van der Waals surface area contributed by atoms with Crippen LogP contribution < -0.4 is 5.32 Å². The van der Waals surface area contributed by atoms with E-state index in [-0.39, 0.29) is 23.6 Å². The van der Waals surface area contributed by atoms with Gasteiger partial charge in [-0.2, -0.15) is 0 Å². The summed E-state index contributed by atoms with van der Waals surface area (Å²) in [6.45, 7) is 3.01. The van der Waals surface area contributed by atoms with Crippen LogP contribution in [0.5, 0.6) is 0 Å². The molecule has 0 bridgehead atoms. The molecule has 1 atom stereocenters. The number of rotatable bonds is 2. The smallest absolute Gasteiger partial charge is 0.296 e. The van der Waals surface area contributed by atoms with E-state index in [0.717, 1.165) is 19.4 Å². The first-order valence-corrected chi connectivity index (χ1v) is 5.78. The molecule has 5 nitrogen and oxygen atoms in total. The fourth-order valence-corrected chi connectivity index (χ4v) is 2.14. The lowest BCUT2D eigenvalue weighted by atomic mass is 10.1. The molecule has 0 spiro atoms. The first kappa shape index (κ1) is 11.9. The largest absolute Gasteiger partial charge is 0.459 e. The Kier molecular flexibility index (Phi) is 3.58. The van der Waals surface area contributed by atoms with Gasteiger partial charge in [0.05, 0.1) is 12.3 Å². The second kappa shape index (κ2) is 5.14. The van der Waals surface area contributed by atoms with Crippen LogP contribution in [-0.4, -0.2) is 35.8 Å². The van der Waals surface area contributed by atoms with Gasteiger partial charge in [0, 0.05) is 13.5 Å². The van der Waals surface area contributed by atoms with Crippen LogP contribution in [0, 0.1) is 0 Å². The molecule has 5 heteroatoms. The highest BCUT2D eigenvalue weighted by Gasteiger charge is 2.30. The average molecular weight is 236 g/mol. The molecule has 2 rings (SSSR count). The van der Waals surface area contributed by atoms with E-state index < -0.39 is 0 Å². The molecule has 1 aromatic rings. The van der Waals surface area contributed by atoms with E-state index in [2.05, 4.69) is 5.32 Å². The molecule has 1 unspecified atom stereocenters. The number of hydrogen-bond acceptors (Lipinski definition) is 4. The highest BCUT2D eigenvalue weighted by molar-refractivity contribution is 6.02. The van der Waals surface area contributed by atoms with Gasteiger partial charge in [-0.3, -0.25) is 14.5 Å². The zero-order chi connectivity index (χ0) is 12.3. The fraction of sp³-hybridized carbons (Fsp3) is 0.500. The fourth-order valence-electron chi connectivity index (χ4n) is 2.14. The Balaban J connectivity index is 2.16. The Bertz CT molecular complexity index is 394. The number of furan rings is 1. The lowest BCUT2D eigenvalue weighted by molar-refractivity contribution is -0.128. The highest BCUT2D eigenvalue weighted by atomic mass is 16.3. The first-order valence-electron chi connectivity index (χ1n) is 5.78. The summed E-state index contributed by atoms with van der Waals surface area (Å²) in [5, 5.41) is 3.19. The van der Waals surface area contributed by atoms with Crippen LogP contribution in [0.25, 0.3) is 0 Å². The van der Waals surface area contributed by atoms with Crippen LogP contribution in [0.4, 0.5) is 0 Å². The third-order valence-corrected chi connectivity index (χ3v) is 2.93. The molecule has 17 heavy (non-hydrogen) atoms. The molecule has 92 valence electrons. The van der Waals surface area contributed by atoms with Gasteiger partial charge in [0.15, 0.2) is 5.76 Å². The van der Waals surface area contributed by atoms with Crippen molar-refractivity contribution in [3.63, 3.8) is 0 Å². The summed E-state index contributed by atoms with van der Waals surface area (Å²) in [6, 6.07) is 3.15. The highest BCUT2D eigenvalue weighted by Crippen LogP contribution is 2.15. The van der Waals surface area contributed by atoms with Crippen molar-refractivity contribution >= 4 is 11.8 Å². The summed E-state index contributed by atoms with van der Waals surface area (Å²) in [6.07, 6.45) is 3.25. The summed E-state index contributed by atoms with van der Waals surface area (Å²) in [4.78, 5) is 25.0. The third-order valence-electron chi connectivity index (χ3n) is 2.93. The molecule has 0 aliphatic carbocycles. The Morgan fingerprint density at radius 2 is 2.35 bits per heavy atom. The second-order valence-corrected chi connectivity index (χ2v) is 4.17. The second-order valence-electron chi connectivity index (χ2n) is 4.17. The van der Waals surface area contributed by atoms with Crippen molar-refractivity contribution < 1.29 is 14.0 Å². The molecule has 1 fully saturated rings. The number of nitrogens with one attached hydrogen (secondary N) is 1. The summed E-state index contributed by atoms with van der Waals surface area (Å²) in [5.74, 6) is -0.373. The van der Waals surface area contributed by atoms with Gasteiger partial charge >= 0.3 is 0 Å². The Labute approximate surface area is 99.8 Å². The number of imide groups is 1. The summed E-state index contributed by atoms with van der Waals surface area (Å²) in [5.41, 5.74) is 0. The Morgan fingerprint density at radius 3 is 2.88 bits per heavy atom. The number of nitrogens with zero attached hydrogens (tertiary/aromatic N) is 1. The van der Waals surface area contributed by atoms with Crippen LogP contribution in [0.2, 0.25) is 0 Å². The summed E-state index contributed by atoms with van der Waals surface area (Å²) in [7, 11) is 0. The van der Waals surface area contributed by atoms with Gasteiger partial charge in [-0.05, 0) is 31.5 Å². The predicted octanol–water partition coefficient (Wildman–Crippen LogP) is 1.02. The van der Waals surface area contributed by atoms with Crippen LogP contribution in [0.3, 0.4) is 0 Å². The van der Waals surface area contributed by atoms with Crippen LogP contribution in [0.15, 0.2) is 22.8 Å². The van der Waals surface area contributed by atoms with Crippen molar-refractivity contribution in [3.8, 4) is 0 Å². The minimum absolute atomic E-state index is 0.0705. The molecular weight excluding hydrogens is 220 g/mol.